The molecule has 0 aliphatic carbocycles. The van der Waals surface area contributed by atoms with Crippen LogP contribution in [0.3, 0.4) is 0 Å². The quantitative estimate of drug-likeness (QED) is 0.810. The normalized spacial score (nSPS) is 17.9. The molecule has 1 fully saturated rings. The SMILES string of the molecule is CC(C)(C)C(=O)N1CCN(C(C#N)c2cccc(Br)c2)CC1. The van der Waals surface area contributed by atoms with Crippen molar-refractivity contribution >= 4 is 21.8 Å². The third-order valence-corrected chi connectivity index (χ3v) is 4.39. The largest absolute Gasteiger partial charge is 0.340 e. The molecule has 1 amide bonds. The van der Waals surface area contributed by atoms with Crippen molar-refractivity contribution in [2.45, 2.75) is 26.8 Å². The van der Waals surface area contributed by atoms with E-state index in [1.165, 1.54) is 0 Å². The van der Waals surface area contributed by atoms with Crippen LogP contribution in [-0.4, -0.2) is 41.9 Å². The number of rotatable bonds is 2. The summed E-state index contributed by atoms with van der Waals surface area (Å²) in [6, 6.07) is 10.00. The summed E-state index contributed by atoms with van der Waals surface area (Å²) in [5.41, 5.74) is 0.647. The van der Waals surface area contributed by atoms with E-state index in [1.807, 2.05) is 49.9 Å². The summed E-state index contributed by atoms with van der Waals surface area (Å²) in [6.45, 7) is 8.66. The van der Waals surface area contributed by atoms with Crippen LogP contribution in [0.4, 0.5) is 0 Å². The lowest BCUT2D eigenvalue weighted by Crippen LogP contribution is -2.52. The summed E-state index contributed by atoms with van der Waals surface area (Å²) in [4.78, 5) is 16.4. The van der Waals surface area contributed by atoms with E-state index in [0.29, 0.717) is 13.1 Å². The molecule has 118 valence electrons. The van der Waals surface area contributed by atoms with Crippen molar-refractivity contribution in [3.63, 3.8) is 0 Å². The molecule has 0 aromatic heterocycles. The van der Waals surface area contributed by atoms with Crippen LogP contribution in [0.25, 0.3) is 0 Å². The van der Waals surface area contributed by atoms with Crippen molar-refractivity contribution in [1.82, 2.24) is 9.80 Å². The zero-order chi connectivity index (χ0) is 16.3. The van der Waals surface area contributed by atoms with Crippen molar-refractivity contribution in [1.29, 1.82) is 5.26 Å². The predicted octanol–water partition coefficient (Wildman–Crippen LogP) is 3.20. The van der Waals surface area contributed by atoms with Gasteiger partial charge in [-0.25, -0.2) is 0 Å². The summed E-state index contributed by atoms with van der Waals surface area (Å²) in [5, 5.41) is 9.54. The maximum atomic E-state index is 12.3. The zero-order valence-corrected chi connectivity index (χ0v) is 14.9. The Morgan fingerprint density at radius 2 is 1.91 bits per heavy atom. The van der Waals surface area contributed by atoms with E-state index < -0.39 is 0 Å². The van der Waals surface area contributed by atoms with Crippen molar-refractivity contribution in [3.8, 4) is 6.07 Å². The van der Waals surface area contributed by atoms with Gasteiger partial charge in [-0.05, 0) is 17.7 Å². The first-order chi connectivity index (χ1) is 10.3. The minimum atomic E-state index is -0.346. The Hall–Kier alpha value is -1.38. The van der Waals surface area contributed by atoms with Crippen LogP contribution in [0.15, 0.2) is 28.7 Å². The van der Waals surface area contributed by atoms with Crippen LogP contribution in [0.5, 0.6) is 0 Å². The fourth-order valence-electron chi connectivity index (χ4n) is 2.70. The molecule has 1 aromatic rings. The highest BCUT2D eigenvalue weighted by Crippen LogP contribution is 2.25. The van der Waals surface area contributed by atoms with E-state index in [9.17, 15) is 10.1 Å². The number of amides is 1. The molecule has 1 saturated heterocycles. The minimum absolute atomic E-state index is 0.183. The van der Waals surface area contributed by atoms with Crippen molar-refractivity contribution < 1.29 is 4.79 Å². The number of carbonyl (C=O) groups is 1. The second kappa shape index (κ2) is 6.80. The Balaban J connectivity index is 2.04. The lowest BCUT2D eigenvalue weighted by Gasteiger charge is -2.39. The molecule has 1 aliphatic heterocycles. The summed E-state index contributed by atoms with van der Waals surface area (Å²) < 4.78 is 0.979. The van der Waals surface area contributed by atoms with Gasteiger partial charge in [-0.2, -0.15) is 5.26 Å². The third-order valence-electron chi connectivity index (χ3n) is 3.89. The Morgan fingerprint density at radius 1 is 1.27 bits per heavy atom. The molecule has 0 spiro atoms. The summed E-state index contributed by atoms with van der Waals surface area (Å²) in [6.07, 6.45) is 0. The van der Waals surface area contributed by atoms with Gasteiger partial charge >= 0.3 is 0 Å². The first kappa shape index (κ1) is 17.0. The molecule has 0 saturated carbocycles. The summed E-state index contributed by atoms with van der Waals surface area (Å²) in [7, 11) is 0. The molecule has 1 unspecified atom stereocenters. The number of halogens is 1. The van der Waals surface area contributed by atoms with Gasteiger partial charge in [0.2, 0.25) is 5.91 Å². The number of benzene rings is 1. The van der Waals surface area contributed by atoms with E-state index >= 15 is 0 Å². The third kappa shape index (κ3) is 3.88. The Labute approximate surface area is 140 Å². The average molecular weight is 364 g/mol. The minimum Gasteiger partial charge on any atom is -0.340 e. The van der Waals surface area contributed by atoms with Gasteiger partial charge < -0.3 is 4.90 Å². The van der Waals surface area contributed by atoms with Crippen LogP contribution in [0.1, 0.15) is 32.4 Å². The predicted molar refractivity (Wildman–Crippen MR) is 90.1 cm³/mol. The number of nitriles is 1. The van der Waals surface area contributed by atoms with E-state index in [1.54, 1.807) is 0 Å². The topological polar surface area (TPSA) is 47.3 Å². The molecule has 4 nitrogen and oxygen atoms in total. The highest BCUT2D eigenvalue weighted by atomic mass is 79.9. The maximum absolute atomic E-state index is 12.3. The molecule has 0 N–H and O–H groups in total. The lowest BCUT2D eigenvalue weighted by molar-refractivity contribution is -0.141. The monoisotopic (exact) mass is 363 g/mol. The van der Waals surface area contributed by atoms with Crippen LogP contribution < -0.4 is 0 Å². The van der Waals surface area contributed by atoms with Crippen molar-refractivity contribution in [2.24, 2.45) is 5.41 Å². The summed E-state index contributed by atoms with van der Waals surface area (Å²) >= 11 is 3.45. The number of nitrogens with zero attached hydrogens (tertiary/aromatic N) is 3. The van der Waals surface area contributed by atoms with Crippen LogP contribution >= 0.6 is 15.9 Å². The second-order valence-electron chi connectivity index (χ2n) is 6.66. The van der Waals surface area contributed by atoms with E-state index in [0.717, 1.165) is 23.1 Å². The van der Waals surface area contributed by atoms with Crippen LogP contribution in [0.2, 0.25) is 0 Å². The van der Waals surface area contributed by atoms with E-state index in [2.05, 4.69) is 26.9 Å². The first-order valence-corrected chi connectivity index (χ1v) is 8.31. The Kier molecular flexibility index (Phi) is 5.25. The Morgan fingerprint density at radius 3 is 2.41 bits per heavy atom. The van der Waals surface area contributed by atoms with Gasteiger partial charge in [0.15, 0.2) is 0 Å². The van der Waals surface area contributed by atoms with Gasteiger partial charge in [0.1, 0.15) is 6.04 Å². The molecular weight excluding hydrogens is 342 g/mol. The maximum Gasteiger partial charge on any atom is 0.228 e. The van der Waals surface area contributed by atoms with E-state index in [4.69, 9.17) is 0 Å². The van der Waals surface area contributed by atoms with Crippen LogP contribution in [0, 0.1) is 16.7 Å². The molecule has 1 atom stereocenters. The molecule has 22 heavy (non-hydrogen) atoms. The highest BCUT2D eigenvalue weighted by Gasteiger charge is 2.31. The number of carbonyl (C=O) groups excluding carboxylic acids is 1. The van der Waals surface area contributed by atoms with E-state index in [-0.39, 0.29) is 17.4 Å². The second-order valence-corrected chi connectivity index (χ2v) is 7.58. The molecule has 5 heteroatoms. The molecule has 0 bridgehead atoms. The molecular formula is C17H22BrN3O. The molecule has 1 heterocycles. The number of piperazine rings is 1. The molecule has 1 aliphatic rings. The van der Waals surface area contributed by atoms with Gasteiger partial charge in [0, 0.05) is 36.1 Å². The first-order valence-electron chi connectivity index (χ1n) is 7.51. The zero-order valence-electron chi connectivity index (χ0n) is 13.3. The fraction of sp³-hybridized carbons (Fsp3) is 0.529. The van der Waals surface area contributed by atoms with Gasteiger partial charge in [0.05, 0.1) is 6.07 Å². The van der Waals surface area contributed by atoms with Gasteiger partial charge in [-0.15, -0.1) is 0 Å². The fourth-order valence-corrected chi connectivity index (χ4v) is 3.12. The van der Waals surface area contributed by atoms with Crippen LogP contribution in [-0.2, 0) is 4.79 Å². The number of hydrogen-bond acceptors (Lipinski definition) is 3. The Bertz CT molecular complexity index is 580. The smallest absolute Gasteiger partial charge is 0.228 e. The highest BCUT2D eigenvalue weighted by molar-refractivity contribution is 9.10. The van der Waals surface area contributed by atoms with Gasteiger partial charge in [-0.1, -0.05) is 48.8 Å². The van der Waals surface area contributed by atoms with Gasteiger partial charge in [-0.3, -0.25) is 9.69 Å². The van der Waals surface area contributed by atoms with Crippen molar-refractivity contribution in [3.05, 3.63) is 34.3 Å². The average Bonchev–Trinajstić information content (AvgIpc) is 2.47. The molecule has 0 radical (unpaired) electrons. The molecule has 2 rings (SSSR count). The lowest BCUT2D eigenvalue weighted by atomic mass is 9.94. The summed E-state index contributed by atoms with van der Waals surface area (Å²) in [5.74, 6) is 0.183. The standard InChI is InChI=1S/C17H22BrN3O/c1-17(2,3)16(22)21-9-7-20(8-10-21)15(12-19)13-5-4-6-14(18)11-13/h4-6,11,15H,7-10H2,1-3H3. The van der Waals surface area contributed by atoms with Crippen molar-refractivity contribution in [2.75, 3.05) is 26.2 Å². The number of hydrogen-bond donors (Lipinski definition) is 0. The molecule has 1 aromatic carbocycles. The van der Waals surface area contributed by atoms with Gasteiger partial charge in [0.25, 0.3) is 0 Å².